The minimum absolute atomic E-state index is 0.698. The largest absolute Gasteiger partial charge is 0.397 e. The molecular formula is C13H16N6. The molecule has 2 aromatic heterocycles. The Kier molecular flexibility index (Phi) is 3.14. The molecule has 0 atom stereocenters. The highest BCUT2D eigenvalue weighted by Gasteiger charge is 2.18. The third kappa shape index (κ3) is 2.57. The number of piperazine rings is 1. The van der Waals surface area contributed by atoms with Crippen molar-refractivity contribution in [2.45, 2.75) is 0 Å². The van der Waals surface area contributed by atoms with Gasteiger partial charge in [-0.2, -0.15) is 0 Å². The zero-order chi connectivity index (χ0) is 13.1. The van der Waals surface area contributed by atoms with Crippen molar-refractivity contribution in [1.29, 1.82) is 0 Å². The van der Waals surface area contributed by atoms with E-state index in [2.05, 4.69) is 24.8 Å². The molecule has 0 amide bonds. The fraction of sp³-hybridized carbons (Fsp3) is 0.308. The topological polar surface area (TPSA) is 71.2 Å². The molecule has 98 valence electrons. The molecule has 2 N–H and O–H groups in total. The number of pyridine rings is 1. The van der Waals surface area contributed by atoms with Gasteiger partial charge in [-0.05, 0) is 18.2 Å². The lowest BCUT2D eigenvalue weighted by Gasteiger charge is -2.35. The van der Waals surface area contributed by atoms with Crippen LogP contribution in [0.25, 0.3) is 0 Å². The molecule has 1 saturated heterocycles. The van der Waals surface area contributed by atoms with Crippen LogP contribution in [-0.2, 0) is 0 Å². The Hall–Kier alpha value is -2.37. The molecule has 1 aliphatic heterocycles. The minimum atomic E-state index is 0.698. The van der Waals surface area contributed by atoms with Crippen molar-refractivity contribution in [3.05, 3.63) is 36.9 Å². The summed E-state index contributed by atoms with van der Waals surface area (Å²) in [5.41, 5.74) is 6.35. The number of nitrogen functional groups attached to an aromatic ring is 1. The first-order valence-corrected chi connectivity index (χ1v) is 6.30. The summed E-state index contributed by atoms with van der Waals surface area (Å²) in [5, 5.41) is 0. The molecule has 6 nitrogen and oxygen atoms in total. The van der Waals surface area contributed by atoms with Crippen LogP contribution in [0.2, 0.25) is 0 Å². The zero-order valence-corrected chi connectivity index (χ0v) is 10.6. The van der Waals surface area contributed by atoms with E-state index in [1.165, 1.54) is 0 Å². The first-order chi connectivity index (χ1) is 9.33. The van der Waals surface area contributed by atoms with E-state index in [0.717, 1.165) is 37.8 Å². The quantitative estimate of drug-likeness (QED) is 0.856. The second-order valence-corrected chi connectivity index (χ2v) is 4.49. The Morgan fingerprint density at radius 3 is 2.11 bits per heavy atom. The van der Waals surface area contributed by atoms with E-state index in [4.69, 9.17) is 5.73 Å². The van der Waals surface area contributed by atoms with Gasteiger partial charge < -0.3 is 15.5 Å². The first-order valence-electron chi connectivity index (χ1n) is 6.30. The highest BCUT2D eigenvalue weighted by molar-refractivity contribution is 5.48. The van der Waals surface area contributed by atoms with Crippen molar-refractivity contribution in [3.63, 3.8) is 0 Å². The Balaban J connectivity index is 1.65. The maximum absolute atomic E-state index is 5.65. The molecule has 0 radical (unpaired) electrons. The summed E-state index contributed by atoms with van der Waals surface area (Å²) in [6.45, 7) is 3.73. The summed E-state index contributed by atoms with van der Waals surface area (Å²) in [7, 11) is 0. The smallest absolute Gasteiger partial charge is 0.132 e. The molecule has 0 unspecified atom stereocenters. The number of rotatable bonds is 2. The molecule has 1 fully saturated rings. The normalized spacial score (nSPS) is 15.6. The number of hydrogen-bond acceptors (Lipinski definition) is 6. The molecule has 1 aliphatic rings. The molecular weight excluding hydrogens is 240 g/mol. The van der Waals surface area contributed by atoms with Gasteiger partial charge in [-0.15, -0.1) is 0 Å². The third-order valence-corrected chi connectivity index (χ3v) is 3.26. The van der Waals surface area contributed by atoms with Crippen molar-refractivity contribution in [3.8, 4) is 0 Å². The number of nitrogens with two attached hydrogens (primary N) is 1. The monoisotopic (exact) mass is 256 g/mol. The van der Waals surface area contributed by atoms with Gasteiger partial charge in [0.25, 0.3) is 0 Å². The Labute approximate surface area is 111 Å². The van der Waals surface area contributed by atoms with Crippen LogP contribution in [0.3, 0.4) is 0 Å². The SMILES string of the molecule is Nc1ccc(N2CCN(c3ccncn3)CC2)nc1. The van der Waals surface area contributed by atoms with Crippen LogP contribution >= 0.6 is 0 Å². The number of nitrogens with zero attached hydrogens (tertiary/aromatic N) is 5. The number of anilines is 3. The minimum Gasteiger partial charge on any atom is -0.397 e. The summed E-state index contributed by atoms with van der Waals surface area (Å²) < 4.78 is 0. The van der Waals surface area contributed by atoms with Crippen molar-refractivity contribution >= 4 is 17.3 Å². The fourth-order valence-electron chi connectivity index (χ4n) is 2.22. The predicted octanol–water partition coefficient (Wildman–Crippen LogP) is 0.780. The lowest BCUT2D eigenvalue weighted by atomic mass is 10.3. The van der Waals surface area contributed by atoms with Crippen LogP contribution in [0.4, 0.5) is 17.3 Å². The van der Waals surface area contributed by atoms with E-state index in [1.54, 1.807) is 18.7 Å². The first kappa shape index (κ1) is 11.7. The van der Waals surface area contributed by atoms with Gasteiger partial charge in [0.1, 0.15) is 18.0 Å². The van der Waals surface area contributed by atoms with Crippen molar-refractivity contribution in [2.24, 2.45) is 0 Å². The van der Waals surface area contributed by atoms with Gasteiger partial charge in [0, 0.05) is 32.4 Å². The van der Waals surface area contributed by atoms with Crippen LogP contribution in [0.1, 0.15) is 0 Å². The molecule has 0 spiro atoms. The van der Waals surface area contributed by atoms with Gasteiger partial charge in [-0.3, -0.25) is 0 Å². The van der Waals surface area contributed by atoms with Gasteiger partial charge in [0.15, 0.2) is 0 Å². The number of hydrogen-bond donors (Lipinski definition) is 1. The van der Waals surface area contributed by atoms with Crippen molar-refractivity contribution < 1.29 is 0 Å². The average Bonchev–Trinajstić information content (AvgIpc) is 2.49. The predicted molar refractivity (Wildman–Crippen MR) is 75.1 cm³/mol. The molecule has 3 heterocycles. The van der Waals surface area contributed by atoms with Crippen LogP contribution in [0, 0.1) is 0 Å². The second kappa shape index (κ2) is 5.09. The molecule has 19 heavy (non-hydrogen) atoms. The van der Waals surface area contributed by atoms with Crippen LogP contribution in [0.5, 0.6) is 0 Å². The van der Waals surface area contributed by atoms with Crippen LogP contribution in [0.15, 0.2) is 36.9 Å². The van der Waals surface area contributed by atoms with E-state index in [0.29, 0.717) is 5.69 Å². The van der Waals surface area contributed by atoms with Crippen molar-refractivity contribution in [2.75, 3.05) is 41.7 Å². The van der Waals surface area contributed by atoms with Gasteiger partial charge in [-0.25, -0.2) is 15.0 Å². The fourth-order valence-corrected chi connectivity index (χ4v) is 2.22. The summed E-state index contributed by atoms with van der Waals surface area (Å²) >= 11 is 0. The van der Waals surface area contributed by atoms with Gasteiger partial charge >= 0.3 is 0 Å². The van der Waals surface area contributed by atoms with E-state index in [1.807, 2.05) is 18.2 Å². The van der Waals surface area contributed by atoms with Crippen LogP contribution < -0.4 is 15.5 Å². The van der Waals surface area contributed by atoms with Gasteiger partial charge in [0.2, 0.25) is 0 Å². The molecule has 6 heteroatoms. The molecule has 0 bridgehead atoms. The highest BCUT2D eigenvalue weighted by atomic mass is 15.3. The van der Waals surface area contributed by atoms with Crippen LogP contribution in [-0.4, -0.2) is 41.1 Å². The lowest BCUT2D eigenvalue weighted by molar-refractivity contribution is 0.641. The average molecular weight is 256 g/mol. The summed E-state index contributed by atoms with van der Waals surface area (Å²) in [6, 6.07) is 5.80. The third-order valence-electron chi connectivity index (χ3n) is 3.26. The Bertz CT molecular complexity index is 519. The lowest BCUT2D eigenvalue weighted by Crippen LogP contribution is -2.47. The maximum Gasteiger partial charge on any atom is 0.132 e. The van der Waals surface area contributed by atoms with Gasteiger partial charge in [-0.1, -0.05) is 0 Å². The Morgan fingerprint density at radius 2 is 1.58 bits per heavy atom. The maximum atomic E-state index is 5.65. The number of aromatic nitrogens is 3. The summed E-state index contributed by atoms with van der Waals surface area (Å²) in [5.74, 6) is 1.97. The van der Waals surface area contributed by atoms with E-state index < -0.39 is 0 Å². The van der Waals surface area contributed by atoms with E-state index in [-0.39, 0.29) is 0 Å². The zero-order valence-electron chi connectivity index (χ0n) is 10.6. The highest BCUT2D eigenvalue weighted by Crippen LogP contribution is 2.17. The summed E-state index contributed by atoms with van der Waals surface area (Å²) in [4.78, 5) is 17.1. The molecule has 3 rings (SSSR count). The van der Waals surface area contributed by atoms with E-state index in [9.17, 15) is 0 Å². The molecule has 2 aromatic rings. The van der Waals surface area contributed by atoms with Crippen molar-refractivity contribution in [1.82, 2.24) is 15.0 Å². The van der Waals surface area contributed by atoms with E-state index >= 15 is 0 Å². The molecule has 0 saturated carbocycles. The second-order valence-electron chi connectivity index (χ2n) is 4.49. The Morgan fingerprint density at radius 1 is 0.895 bits per heavy atom. The molecule has 0 aliphatic carbocycles. The molecule has 0 aromatic carbocycles. The standard InChI is InChI=1S/C13H16N6/c14-11-1-2-12(16-9-11)18-5-7-19(8-6-18)13-3-4-15-10-17-13/h1-4,9-10H,5-8,14H2. The summed E-state index contributed by atoms with van der Waals surface area (Å²) in [6.07, 6.45) is 5.06. The van der Waals surface area contributed by atoms with Gasteiger partial charge in [0.05, 0.1) is 11.9 Å².